The van der Waals surface area contributed by atoms with E-state index in [0.29, 0.717) is 63.4 Å². The molecule has 8 heterocycles. The number of nitrogens with zero attached hydrogens (tertiary/aromatic N) is 7. The number of fused-ring (bicyclic) bond motifs is 2. The Hall–Kier alpha value is -9.29. The maximum atomic E-state index is 13.0. The number of anilines is 2. The van der Waals surface area contributed by atoms with E-state index in [-0.39, 0.29) is 43.1 Å². The van der Waals surface area contributed by atoms with Gasteiger partial charge in [-0.1, -0.05) is 98.8 Å². The van der Waals surface area contributed by atoms with Gasteiger partial charge in [0.2, 0.25) is 17.7 Å². The molecule has 0 unspecified atom stereocenters. The van der Waals surface area contributed by atoms with Crippen molar-refractivity contribution in [2.75, 3.05) is 63.2 Å². The number of nitrogens with two attached hydrogens (primary N) is 1. The summed E-state index contributed by atoms with van der Waals surface area (Å²) in [6.45, 7) is 23.9. The van der Waals surface area contributed by atoms with E-state index >= 15 is 0 Å². The molecule has 23 nitrogen and oxygen atoms in total. The number of carboxylic acids is 1. The van der Waals surface area contributed by atoms with Crippen molar-refractivity contribution in [1.82, 2.24) is 55.7 Å². The lowest BCUT2D eigenvalue weighted by atomic mass is 9.89. The maximum Gasteiger partial charge on any atom is 0.410 e. The number of carbonyl (C=O) groups is 5. The molecule has 108 heavy (non-hydrogen) atoms. The molecular weight excluding hydrogens is 1360 g/mol. The Labute approximate surface area is 637 Å². The highest BCUT2D eigenvalue weighted by Crippen LogP contribution is 2.35. The smallest absolute Gasteiger partial charge is 0.410 e. The van der Waals surface area contributed by atoms with Gasteiger partial charge in [0.15, 0.2) is 11.3 Å². The van der Waals surface area contributed by atoms with Crippen LogP contribution in [0.4, 0.5) is 16.2 Å². The number of aliphatic carboxylic acids is 1. The molecule has 4 fully saturated rings. The van der Waals surface area contributed by atoms with Crippen molar-refractivity contribution in [3.05, 3.63) is 154 Å². The van der Waals surface area contributed by atoms with Gasteiger partial charge in [-0.2, -0.15) is 10.2 Å². The molecule has 12 rings (SSSR count). The molecule has 0 spiro atoms. The number of amides is 4. The molecule has 8 aromatic rings. The second-order valence-electron chi connectivity index (χ2n) is 29.9. The minimum Gasteiger partial charge on any atom is -0.481 e. The molecule has 0 radical (unpaired) electrons. The number of hydrogen-bond donors (Lipinski definition) is 8. The summed E-state index contributed by atoms with van der Waals surface area (Å²) < 4.78 is 20.4. The van der Waals surface area contributed by atoms with Gasteiger partial charge in [-0.25, -0.2) is 24.1 Å². The number of aryl methyl sites for hydroxylation is 4. The summed E-state index contributed by atoms with van der Waals surface area (Å²) in [5.41, 5.74) is 22.7. The normalized spacial score (nSPS) is 15.4. The lowest BCUT2D eigenvalue weighted by Crippen LogP contribution is -2.42. The van der Waals surface area contributed by atoms with Gasteiger partial charge >= 0.3 is 12.1 Å². The van der Waals surface area contributed by atoms with E-state index in [4.69, 9.17) is 35.0 Å². The van der Waals surface area contributed by atoms with Gasteiger partial charge in [0.1, 0.15) is 5.60 Å². The van der Waals surface area contributed by atoms with E-state index in [1.165, 1.54) is 40.7 Å². The van der Waals surface area contributed by atoms with Crippen LogP contribution >= 0.6 is 0 Å². The standard InChI is InChI=1S/C40H53N7O3.C24H32N2O2.C21H31N5O4/c1-3-36-34(39(45-33-16-20-50-21-17-33)35-27-44-47(4-2)40(35)46-36)26-43-38(49)13-7-12-37(48)42-25-30-9-6-11-32(24-30)31-10-5-8-29(23-31)22-28-14-18-41-19-15-28;1-24(2,3)28-23(27)26-12-10-18(11-13-26)14-19-6-4-8-21(15-19)22-9-5-7-20(16-22)17-25;1-3-17-15(12-22-18(27)6-5-7-19(28)29)20(24-14-8-10-30-11-9-14)16-13-23-26(4-2)21(16)25-17/h5-6,8-11,23-24,27-28,33,41H,3-4,7,12-22,25-26H2,1-2H3,(H,42,48)(H,43,49)(H,45,46);4-9,15-16,18H,10-14,17,25H2,1-3H3;13-14H,3-12H2,1-2H3,(H,22,27)(H,24,25)(H,28,29). The van der Waals surface area contributed by atoms with Crippen LogP contribution in [0, 0.1) is 11.8 Å². The lowest BCUT2D eigenvalue weighted by Gasteiger charge is -2.33. The molecule has 0 saturated carbocycles. The van der Waals surface area contributed by atoms with Crippen LogP contribution in [0.15, 0.2) is 109 Å². The van der Waals surface area contributed by atoms with Gasteiger partial charge in [0.25, 0.3) is 0 Å². The summed E-state index contributed by atoms with van der Waals surface area (Å²) in [4.78, 5) is 72.5. The summed E-state index contributed by atoms with van der Waals surface area (Å²) in [7, 11) is 0. The fourth-order valence-corrected chi connectivity index (χ4v) is 14.7. The van der Waals surface area contributed by atoms with Crippen molar-refractivity contribution >= 4 is 63.2 Å². The topological polar surface area (TPSA) is 296 Å². The molecule has 0 bridgehead atoms. The molecule has 0 aliphatic carbocycles. The summed E-state index contributed by atoms with van der Waals surface area (Å²) >= 11 is 0. The average molecular weight is 1480 g/mol. The predicted octanol–water partition coefficient (Wildman–Crippen LogP) is 13.4. The molecule has 4 aromatic carbocycles. The van der Waals surface area contributed by atoms with Crippen molar-refractivity contribution in [2.24, 2.45) is 17.6 Å². The Bertz CT molecular complexity index is 4250. The third-order valence-corrected chi connectivity index (χ3v) is 20.8. The minimum atomic E-state index is -0.887. The van der Waals surface area contributed by atoms with E-state index in [0.717, 1.165) is 208 Å². The van der Waals surface area contributed by atoms with Crippen LogP contribution in [0.5, 0.6) is 0 Å². The van der Waals surface area contributed by atoms with Gasteiger partial charge < -0.3 is 61.9 Å². The van der Waals surface area contributed by atoms with Crippen LogP contribution < -0.4 is 37.6 Å². The van der Waals surface area contributed by atoms with Crippen molar-refractivity contribution < 1.29 is 43.3 Å². The van der Waals surface area contributed by atoms with Crippen LogP contribution in [0.3, 0.4) is 0 Å². The molecule has 9 N–H and O–H groups in total. The number of piperidine rings is 2. The molecular formula is C85H116N14O9. The van der Waals surface area contributed by atoms with Crippen LogP contribution in [0.1, 0.15) is 183 Å². The van der Waals surface area contributed by atoms with Gasteiger partial charge in [0.05, 0.1) is 34.5 Å². The number of benzene rings is 4. The first-order valence-electron chi connectivity index (χ1n) is 39.6. The Morgan fingerprint density at radius 2 is 0.954 bits per heavy atom. The van der Waals surface area contributed by atoms with E-state index < -0.39 is 11.6 Å². The zero-order chi connectivity index (χ0) is 76.4. The van der Waals surface area contributed by atoms with Crippen molar-refractivity contribution in [2.45, 2.75) is 221 Å². The Kier molecular flexibility index (Phi) is 30.7. The second-order valence-corrected chi connectivity index (χ2v) is 29.9. The molecule has 4 aromatic heterocycles. The van der Waals surface area contributed by atoms with Crippen LogP contribution in [0.2, 0.25) is 0 Å². The highest BCUT2D eigenvalue weighted by Gasteiger charge is 2.29. The molecule has 4 amide bonds. The van der Waals surface area contributed by atoms with Gasteiger partial charge in [-0.15, -0.1) is 0 Å². The van der Waals surface area contributed by atoms with E-state index in [1.54, 1.807) is 0 Å². The predicted molar refractivity (Wildman–Crippen MR) is 426 cm³/mol. The Morgan fingerprint density at radius 3 is 1.38 bits per heavy atom. The van der Waals surface area contributed by atoms with E-state index in [9.17, 15) is 24.0 Å². The number of carbonyl (C=O) groups excluding carboxylic acids is 4. The first-order chi connectivity index (χ1) is 52.4. The van der Waals surface area contributed by atoms with Crippen LogP contribution in [-0.4, -0.2) is 140 Å². The molecule has 4 saturated heterocycles. The van der Waals surface area contributed by atoms with E-state index in [2.05, 4.69) is 154 Å². The SMILES string of the molecule is CC(C)(C)OC(=O)N1CCC(Cc2cccc(-c3cccc(CN)c3)c2)CC1.CCc1nc2c(cnn2CC)c(NC2CCOCC2)c1CNC(=O)CCCC(=O)NCc1cccc(-c2cccc(CC3CCNCC3)c2)c1.CCc1nc2c(cnn2CC)c(NC2CCOCC2)c1CNC(=O)CCCC(=O)O. The third kappa shape index (κ3) is 23.9. The van der Waals surface area contributed by atoms with E-state index in [1.807, 2.05) is 60.4 Å². The largest absolute Gasteiger partial charge is 0.481 e. The van der Waals surface area contributed by atoms with Gasteiger partial charge in [0, 0.05) is 139 Å². The van der Waals surface area contributed by atoms with Crippen LogP contribution in [0.25, 0.3) is 44.3 Å². The Balaban J connectivity index is 0.000000184. The quantitative estimate of drug-likeness (QED) is 0.0216. The van der Waals surface area contributed by atoms with Gasteiger partial charge in [-0.05, 0) is 206 Å². The highest BCUT2D eigenvalue weighted by molar-refractivity contribution is 5.93. The molecule has 23 heteroatoms. The number of nitrogens with one attached hydrogen (secondary N) is 6. The van der Waals surface area contributed by atoms with Crippen molar-refractivity contribution in [1.29, 1.82) is 0 Å². The lowest BCUT2D eigenvalue weighted by molar-refractivity contribution is -0.137. The number of likely N-dealkylation sites (tertiary alicyclic amines) is 1. The molecule has 0 atom stereocenters. The highest BCUT2D eigenvalue weighted by atomic mass is 16.6. The number of pyridine rings is 2. The fourth-order valence-electron chi connectivity index (χ4n) is 14.7. The number of hydrogen-bond acceptors (Lipinski definition) is 16. The average Bonchev–Trinajstić information content (AvgIpc) is 1.57. The summed E-state index contributed by atoms with van der Waals surface area (Å²) in [5, 5.41) is 39.8. The first-order valence-corrected chi connectivity index (χ1v) is 39.6. The summed E-state index contributed by atoms with van der Waals surface area (Å²) in [6, 6.07) is 35.1. The molecule has 580 valence electrons. The van der Waals surface area contributed by atoms with Gasteiger partial charge in [-0.3, -0.25) is 19.2 Å². The summed E-state index contributed by atoms with van der Waals surface area (Å²) in [5.74, 6) is 0.183. The Morgan fingerprint density at radius 1 is 0.546 bits per heavy atom. The fraction of sp³-hybridized carbons (Fsp3) is 0.518. The van der Waals surface area contributed by atoms with Crippen molar-refractivity contribution in [3.8, 4) is 22.3 Å². The number of carboxylic acid groups (broad SMARTS) is 1. The molecule has 4 aliphatic rings. The number of ether oxygens (including phenoxy) is 3. The first kappa shape index (κ1) is 81.2. The monoisotopic (exact) mass is 1480 g/mol. The summed E-state index contributed by atoms with van der Waals surface area (Å²) in [6.07, 6.45) is 17.0. The maximum absolute atomic E-state index is 13.0. The molecule has 4 aliphatic heterocycles. The number of rotatable bonds is 29. The van der Waals surface area contributed by atoms with Crippen molar-refractivity contribution in [3.63, 3.8) is 0 Å². The third-order valence-electron chi connectivity index (χ3n) is 20.8. The second kappa shape index (κ2) is 40.8. The number of aromatic nitrogens is 6. The van der Waals surface area contributed by atoms with Crippen LogP contribution in [-0.2, 0) is 98.3 Å². The zero-order valence-electron chi connectivity index (χ0n) is 64.8. The minimum absolute atomic E-state index is 0.00605. The zero-order valence-corrected chi connectivity index (χ0v) is 64.8.